The van der Waals surface area contributed by atoms with Crippen molar-refractivity contribution in [3.63, 3.8) is 0 Å². The fourth-order valence-corrected chi connectivity index (χ4v) is 3.15. The van der Waals surface area contributed by atoms with Crippen LogP contribution < -0.4 is 0 Å². The van der Waals surface area contributed by atoms with Gasteiger partial charge in [0.15, 0.2) is 0 Å². The Morgan fingerprint density at radius 3 is 2.88 bits per heavy atom. The summed E-state index contributed by atoms with van der Waals surface area (Å²) in [5.74, 6) is -0.528. The molecule has 0 amide bonds. The Balaban J connectivity index is 2.41. The summed E-state index contributed by atoms with van der Waals surface area (Å²) >= 11 is 6.21. The molecular formula is C14H17ClO2. The molecule has 0 radical (unpaired) electrons. The standard InChI is InChI=1S/C14H17ClO2/c1-14(2)9(8-13(16)17)6-7-10-11(14)4-3-5-12(10)15/h3-5,9H,6-8H2,1-2H3,(H,16,17). The van der Waals surface area contributed by atoms with Gasteiger partial charge in [0.2, 0.25) is 0 Å². The van der Waals surface area contributed by atoms with Crippen LogP contribution in [0.1, 0.15) is 37.8 Å². The summed E-state index contributed by atoms with van der Waals surface area (Å²) in [5, 5.41) is 9.78. The van der Waals surface area contributed by atoms with E-state index in [1.54, 1.807) is 0 Å². The third-order valence-corrected chi connectivity index (χ3v) is 4.35. The molecule has 0 aromatic heterocycles. The quantitative estimate of drug-likeness (QED) is 0.872. The monoisotopic (exact) mass is 252 g/mol. The van der Waals surface area contributed by atoms with Crippen LogP contribution in [0.3, 0.4) is 0 Å². The Morgan fingerprint density at radius 1 is 1.53 bits per heavy atom. The van der Waals surface area contributed by atoms with Gasteiger partial charge in [-0.05, 0) is 41.4 Å². The van der Waals surface area contributed by atoms with Gasteiger partial charge in [-0.3, -0.25) is 4.79 Å². The second-order valence-corrected chi connectivity index (χ2v) is 5.73. The minimum atomic E-state index is -0.714. The largest absolute Gasteiger partial charge is 0.481 e. The summed E-state index contributed by atoms with van der Waals surface area (Å²) < 4.78 is 0. The van der Waals surface area contributed by atoms with Crippen molar-refractivity contribution in [2.45, 2.75) is 38.5 Å². The van der Waals surface area contributed by atoms with E-state index in [2.05, 4.69) is 19.9 Å². The van der Waals surface area contributed by atoms with E-state index < -0.39 is 5.97 Å². The summed E-state index contributed by atoms with van der Waals surface area (Å²) in [5.41, 5.74) is 2.29. The van der Waals surface area contributed by atoms with Gasteiger partial charge in [0.1, 0.15) is 0 Å². The molecule has 92 valence electrons. The van der Waals surface area contributed by atoms with Gasteiger partial charge in [0.25, 0.3) is 0 Å². The smallest absolute Gasteiger partial charge is 0.303 e. The third kappa shape index (κ3) is 2.19. The molecule has 0 heterocycles. The van der Waals surface area contributed by atoms with Crippen molar-refractivity contribution < 1.29 is 9.90 Å². The van der Waals surface area contributed by atoms with Gasteiger partial charge in [0.05, 0.1) is 0 Å². The van der Waals surface area contributed by atoms with E-state index in [0.29, 0.717) is 0 Å². The normalized spacial score (nSPS) is 21.9. The number of carbonyl (C=O) groups is 1. The molecular weight excluding hydrogens is 236 g/mol. The van der Waals surface area contributed by atoms with E-state index in [0.717, 1.165) is 17.9 Å². The van der Waals surface area contributed by atoms with Crippen molar-refractivity contribution >= 4 is 17.6 Å². The van der Waals surface area contributed by atoms with Crippen LogP contribution in [0.5, 0.6) is 0 Å². The number of carboxylic acids is 1. The number of hydrogen-bond donors (Lipinski definition) is 1. The van der Waals surface area contributed by atoms with Crippen molar-refractivity contribution in [3.8, 4) is 0 Å². The van der Waals surface area contributed by atoms with E-state index in [-0.39, 0.29) is 17.8 Å². The number of aliphatic carboxylic acids is 1. The first-order valence-corrected chi connectivity index (χ1v) is 6.30. The fourth-order valence-electron chi connectivity index (χ4n) is 2.88. The Labute approximate surface area is 107 Å². The first kappa shape index (κ1) is 12.4. The van der Waals surface area contributed by atoms with Gasteiger partial charge in [-0.25, -0.2) is 0 Å². The van der Waals surface area contributed by atoms with Crippen LogP contribution in [-0.2, 0) is 16.6 Å². The van der Waals surface area contributed by atoms with E-state index >= 15 is 0 Å². The highest BCUT2D eigenvalue weighted by atomic mass is 35.5. The molecule has 1 aromatic rings. The minimum absolute atomic E-state index is 0.114. The Hall–Kier alpha value is -1.02. The van der Waals surface area contributed by atoms with Crippen LogP contribution in [0.15, 0.2) is 18.2 Å². The summed E-state index contributed by atoms with van der Waals surface area (Å²) in [6.45, 7) is 4.24. The maximum absolute atomic E-state index is 10.9. The van der Waals surface area contributed by atoms with Crippen molar-refractivity contribution in [1.29, 1.82) is 0 Å². The molecule has 1 atom stereocenters. The van der Waals surface area contributed by atoms with Crippen LogP contribution >= 0.6 is 11.6 Å². The van der Waals surface area contributed by atoms with Gasteiger partial charge in [0, 0.05) is 11.4 Å². The zero-order valence-electron chi connectivity index (χ0n) is 10.2. The summed E-state index contributed by atoms with van der Waals surface area (Å²) in [7, 11) is 0. The van der Waals surface area contributed by atoms with E-state index in [1.165, 1.54) is 11.1 Å². The number of rotatable bonds is 2. The zero-order valence-corrected chi connectivity index (χ0v) is 10.9. The molecule has 0 spiro atoms. The van der Waals surface area contributed by atoms with Crippen LogP contribution in [0.25, 0.3) is 0 Å². The van der Waals surface area contributed by atoms with Crippen LogP contribution in [-0.4, -0.2) is 11.1 Å². The SMILES string of the molecule is CC1(C)c2cccc(Cl)c2CCC1CC(=O)O. The maximum atomic E-state index is 10.9. The van der Waals surface area contributed by atoms with Crippen molar-refractivity contribution in [3.05, 3.63) is 34.3 Å². The molecule has 0 aliphatic heterocycles. The van der Waals surface area contributed by atoms with Crippen molar-refractivity contribution in [1.82, 2.24) is 0 Å². The molecule has 3 heteroatoms. The molecule has 0 saturated heterocycles. The molecule has 0 saturated carbocycles. The lowest BCUT2D eigenvalue weighted by molar-refractivity contribution is -0.138. The number of fused-ring (bicyclic) bond motifs is 1. The molecule has 1 aromatic carbocycles. The van der Waals surface area contributed by atoms with Crippen molar-refractivity contribution in [2.24, 2.45) is 5.92 Å². The molecule has 2 nitrogen and oxygen atoms in total. The highest BCUT2D eigenvalue weighted by Gasteiger charge is 2.38. The lowest BCUT2D eigenvalue weighted by atomic mass is 9.64. The minimum Gasteiger partial charge on any atom is -0.481 e. The lowest BCUT2D eigenvalue weighted by Gasteiger charge is -2.40. The number of carboxylic acid groups (broad SMARTS) is 1. The second-order valence-electron chi connectivity index (χ2n) is 5.32. The molecule has 1 aliphatic carbocycles. The van der Waals surface area contributed by atoms with E-state index in [1.807, 2.05) is 12.1 Å². The summed E-state index contributed by atoms with van der Waals surface area (Å²) in [4.78, 5) is 10.9. The molecule has 1 N–H and O–H groups in total. The predicted octanol–water partition coefficient (Wildman–Crippen LogP) is 3.65. The highest BCUT2D eigenvalue weighted by Crippen LogP contribution is 2.44. The van der Waals surface area contributed by atoms with Crippen LogP contribution in [0.2, 0.25) is 5.02 Å². The van der Waals surface area contributed by atoms with Gasteiger partial charge >= 0.3 is 5.97 Å². The molecule has 1 unspecified atom stereocenters. The first-order valence-electron chi connectivity index (χ1n) is 5.92. The Kier molecular flexibility index (Phi) is 3.17. The summed E-state index contributed by atoms with van der Waals surface area (Å²) in [6.07, 6.45) is 2.02. The lowest BCUT2D eigenvalue weighted by Crippen LogP contribution is -2.35. The molecule has 17 heavy (non-hydrogen) atoms. The maximum Gasteiger partial charge on any atom is 0.303 e. The third-order valence-electron chi connectivity index (χ3n) is 4.00. The van der Waals surface area contributed by atoms with Crippen LogP contribution in [0, 0.1) is 5.92 Å². The fraction of sp³-hybridized carbons (Fsp3) is 0.500. The predicted molar refractivity (Wildman–Crippen MR) is 68.5 cm³/mol. The number of hydrogen-bond acceptors (Lipinski definition) is 1. The molecule has 1 aliphatic rings. The number of halogens is 1. The average Bonchev–Trinajstić information content (AvgIpc) is 2.23. The highest BCUT2D eigenvalue weighted by molar-refractivity contribution is 6.31. The Morgan fingerprint density at radius 2 is 2.24 bits per heavy atom. The van der Waals surface area contributed by atoms with Gasteiger partial charge < -0.3 is 5.11 Å². The second kappa shape index (κ2) is 4.34. The van der Waals surface area contributed by atoms with E-state index in [9.17, 15) is 4.79 Å². The first-order chi connectivity index (χ1) is 7.93. The number of benzene rings is 1. The Bertz CT molecular complexity index is 452. The topological polar surface area (TPSA) is 37.3 Å². The molecule has 0 fully saturated rings. The molecule has 2 rings (SSSR count). The van der Waals surface area contributed by atoms with Crippen molar-refractivity contribution in [2.75, 3.05) is 0 Å². The molecule has 0 bridgehead atoms. The van der Waals surface area contributed by atoms with Crippen LogP contribution in [0.4, 0.5) is 0 Å². The van der Waals surface area contributed by atoms with Gasteiger partial charge in [-0.1, -0.05) is 37.6 Å². The van der Waals surface area contributed by atoms with E-state index in [4.69, 9.17) is 16.7 Å². The van der Waals surface area contributed by atoms with Gasteiger partial charge in [-0.15, -0.1) is 0 Å². The average molecular weight is 253 g/mol. The van der Waals surface area contributed by atoms with Gasteiger partial charge in [-0.2, -0.15) is 0 Å². The zero-order chi connectivity index (χ0) is 12.6. The summed E-state index contributed by atoms with van der Waals surface area (Å²) in [6, 6.07) is 5.94.